The van der Waals surface area contributed by atoms with Gasteiger partial charge in [0.2, 0.25) is 15.9 Å². The molecule has 0 atom stereocenters. The third-order valence-electron chi connectivity index (χ3n) is 4.86. The lowest BCUT2D eigenvalue weighted by Gasteiger charge is -2.30. The lowest BCUT2D eigenvalue weighted by molar-refractivity contribution is -0.126. The maximum atomic E-state index is 12.7. The molecule has 1 heterocycles. The van der Waals surface area contributed by atoms with E-state index in [0.29, 0.717) is 37.5 Å². The van der Waals surface area contributed by atoms with Gasteiger partial charge in [-0.1, -0.05) is 41.4 Å². The first kappa shape index (κ1) is 19.9. The SMILES string of the molecule is Cc1ccc(CNC(=O)C2CCN(S(=O)(=O)c3ccc(Cl)cc3)CC2)cc1. The second-order valence-electron chi connectivity index (χ2n) is 6.84. The number of aryl methyl sites for hydroxylation is 1. The molecule has 3 rings (SSSR count). The van der Waals surface area contributed by atoms with E-state index in [-0.39, 0.29) is 16.7 Å². The van der Waals surface area contributed by atoms with Crippen molar-refractivity contribution in [3.05, 3.63) is 64.7 Å². The van der Waals surface area contributed by atoms with E-state index in [1.54, 1.807) is 12.1 Å². The van der Waals surface area contributed by atoms with Crippen molar-refractivity contribution in [1.29, 1.82) is 0 Å². The Labute approximate surface area is 165 Å². The fraction of sp³-hybridized carbons (Fsp3) is 0.350. The predicted molar refractivity (Wildman–Crippen MR) is 106 cm³/mol. The number of hydrogen-bond acceptors (Lipinski definition) is 3. The number of hydrogen-bond donors (Lipinski definition) is 1. The van der Waals surface area contributed by atoms with E-state index < -0.39 is 10.0 Å². The van der Waals surface area contributed by atoms with Crippen molar-refractivity contribution in [3.63, 3.8) is 0 Å². The number of amides is 1. The van der Waals surface area contributed by atoms with Gasteiger partial charge in [0.25, 0.3) is 0 Å². The molecule has 7 heteroatoms. The van der Waals surface area contributed by atoms with Crippen molar-refractivity contribution >= 4 is 27.5 Å². The minimum atomic E-state index is -3.54. The summed E-state index contributed by atoms with van der Waals surface area (Å²) >= 11 is 5.83. The fourth-order valence-electron chi connectivity index (χ4n) is 3.15. The van der Waals surface area contributed by atoms with Crippen LogP contribution in [0, 0.1) is 12.8 Å². The van der Waals surface area contributed by atoms with Crippen LogP contribution in [-0.4, -0.2) is 31.7 Å². The highest BCUT2D eigenvalue weighted by atomic mass is 35.5. The topological polar surface area (TPSA) is 66.5 Å². The summed E-state index contributed by atoms with van der Waals surface area (Å²) in [5.74, 6) is -0.175. The van der Waals surface area contributed by atoms with Crippen LogP contribution in [0.3, 0.4) is 0 Å². The molecule has 2 aromatic carbocycles. The van der Waals surface area contributed by atoms with Crippen LogP contribution in [0.2, 0.25) is 5.02 Å². The molecule has 0 aliphatic carbocycles. The zero-order chi connectivity index (χ0) is 19.4. The van der Waals surface area contributed by atoms with Gasteiger partial charge in [0, 0.05) is 30.6 Å². The lowest BCUT2D eigenvalue weighted by Crippen LogP contribution is -2.42. The Balaban J connectivity index is 1.54. The van der Waals surface area contributed by atoms with Gasteiger partial charge in [0.1, 0.15) is 0 Å². The molecule has 1 saturated heterocycles. The van der Waals surface area contributed by atoms with E-state index in [9.17, 15) is 13.2 Å². The average molecular weight is 407 g/mol. The number of nitrogens with one attached hydrogen (secondary N) is 1. The first-order chi connectivity index (χ1) is 12.9. The molecule has 1 N–H and O–H groups in total. The first-order valence-corrected chi connectivity index (χ1v) is 10.8. The predicted octanol–water partition coefficient (Wildman–Crippen LogP) is 3.37. The van der Waals surface area contributed by atoms with E-state index in [1.165, 1.54) is 22.0 Å². The van der Waals surface area contributed by atoms with Crippen LogP contribution >= 0.6 is 11.6 Å². The van der Waals surface area contributed by atoms with E-state index in [2.05, 4.69) is 5.32 Å². The molecule has 5 nitrogen and oxygen atoms in total. The number of sulfonamides is 1. The van der Waals surface area contributed by atoms with Crippen LogP contribution < -0.4 is 5.32 Å². The fourth-order valence-corrected chi connectivity index (χ4v) is 4.75. The molecule has 0 bridgehead atoms. The van der Waals surface area contributed by atoms with Gasteiger partial charge in [-0.15, -0.1) is 0 Å². The molecule has 1 aliphatic heterocycles. The molecule has 144 valence electrons. The Morgan fingerprint density at radius 1 is 1.07 bits per heavy atom. The van der Waals surface area contributed by atoms with Crippen molar-refractivity contribution in [2.75, 3.05) is 13.1 Å². The van der Waals surface area contributed by atoms with Crippen molar-refractivity contribution < 1.29 is 13.2 Å². The number of piperidine rings is 1. The van der Waals surface area contributed by atoms with Crippen LogP contribution in [0.25, 0.3) is 0 Å². The molecule has 0 radical (unpaired) electrons. The summed E-state index contributed by atoms with van der Waals surface area (Å²) in [6, 6.07) is 14.2. The number of carbonyl (C=O) groups excluding carboxylic acids is 1. The largest absolute Gasteiger partial charge is 0.352 e. The zero-order valence-electron chi connectivity index (χ0n) is 15.2. The van der Waals surface area contributed by atoms with E-state index in [4.69, 9.17) is 11.6 Å². The van der Waals surface area contributed by atoms with Crippen LogP contribution in [0.4, 0.5) is 0 Å². The maximum absolute atomic E-state index is 12.7. The van der Waals surface area contributed by atoms with Gasteiger partial charge in [-0.05, 0) is 49.6 Å². The average Bonchev–Trinajstić information content (AvgIpc) is 2.68. The van der Waals surface area contributed by atoms with Crippen molar-refractivity contribution in [3.8, 4) is 0 Å². The summed E-state index contributed by atoms with van der Waals surface area (Å²) < 4.78 is 26.8. The molecule has 1 fully saturated rings. The quantitative estimate of drug-likeness (QED) is 0.827. The van der Waals surface area contributed by atoms with Crippen molar-refractivity contribution in [1.82, 2.24) is 9.62 Å². The molecule has 0 aromatic heterocycles. The Morgan fingerprint density at radius 2 is 1.67 bits per heavy atom. The molecule has 0 unspecified atom stereocenters. The molecule has 1 amide bonds. The summed E-state index contributed by atoms with van der Waals surface area (Å²) in [4.78, 5) is 12.6. The summed E-state index contributed by atoms with van der Waals surface area (Å²) in [6.07, 6.45) is 1.04. The number of nitrogens with zero attached hydrogens (tertiary/aromatic N) is 1. The highest BCUT2D eigenvalue weighted by molar-refractivity contribution is 7.89. The summed E-state index contributed by atoms with van der Waals surface area (Å²) in [5.41, 5.74) is 2.23. The van der Waals surface area contributed by atoms with Crippen LogP contribution in [0.5, 0.6) is 0 Å². The van der Waals surface area contributed by atoms with Gasteiger partial charge < -0.3 is 5.32 Å². The van der Waals surface area contributed by atoms with Gasteiger partial charge >= 0.3 is 0 Å². The van der Waals surface area contributed by atoms with E-state index in [1.807, 2.05) is 31.2 Å². The molecular formula is C20H23ClN2O3S. The molecule has 0 saturated carbocycles. The van der Waals surface area contributed by atoms with Gasteiger partial charge in [-0.25, -0.2) is 8.42 Å². The Kier molecular flexibility index (Phi) is 6.19. The number of halogens is 1. The first-order valence-electron chi connectivity index (χ1n) is 8.95. The third kappa shape index (κ3) is 4.89. The molecular weight excluding hydrogens is 384 g/mol. The minimum absolute atomic E-state index is 0.0147. The molecule has 2 aromatic rings. The number of benzene rings is 2. The monoisotopic (exact) mass is 406 g/mol. The van der Waals surface area contributed by atoms with Gasteiger partial charge in [0.15, 0.2) is 0 Å². The Hall–Kier alpha value is -1.89. The second kappa shape index (κ2) is 8.42. The zero-order valence-corrected chi connectivity index (χ0v) is 16.8. The highest BCUT2D eigenvalue weighted by Crippen LogP contribution is 2.25. The van der Waals surface area contributed by atoms with Crippen LogP contribution in [-0.2, 0) is 21.4 Å². The smallest absolute Gasteiger partial charge is 0.243 e. The number of carbonyl (C=O) groups is 1. The third-order valence-corrected chi connectivity index (χ3v) is 7.03. The second-order valence-corrected chi connectivity index (χ2v) is 9.21. The van der Waals surface area contributed by atoms with Crippen LogP contribution in [0.15, 0.2) is 53.4 Å². The van der Waals surface area contributed by atoms with Crippen LogP contribution in [0.1, 0.15) is 24.0 Å². The van der Waals surface area contributed by atoms with E-state index >= 15 is 0 Å². The van der Waals surface area contributed by atoms with Gasteiger partial charge in [0.05, 0.1) is 4.90 Å². The molecule has 0 spiro atoms. The van der Waals surface area contributed by atoms with Crippen molar-refractivity contribution in [2.24, 2.45) is 5.92 Å². The summed E-state index contributed by atoms with van der Waals surface area (Å²) in [6.45, 7) is 3.19. The Morgan fingerprint density at radius 3 is 2.26 bits per heavy atom. The standard InChI is InChI=1S/C20H23ClN2O3S/c1-15-2-4-16(5-3-15)14-22-20(24)17-10-12-23(13-11-17)27(25,26)19-8-6-18(21)7-9-19/h2-9,17H,10-14H2,1H3,(H,22,24). The van der Waals surface area contributed by atoms with Gasteiger partial charge in [-0.3, -0.25) is 4.79 Å². The maximum Gasteiger partial charge on any atom is 0.243 e. The van der Waals surface area contributed by atoms with E-state index in [0.717, 1.165) is 5.56 Å². The van der Waals surface area contributed by atoms with Gasteiger partial charge in [-0.2, -0.15) is 4.31 Å². The summed E-state index contributed by atoms with van der Waals surface area (Å²) in [7, 11) is -3.54. The molecule has 27 heavy (non-hydrogen) atoms. The highest BCUT2D eigenvalue weighted by Gasteiger charge is 2.31. The minimum Gasteiger partial charge on any atom is -0.352 e. The summed E-state index contributed by atoms with van der Waals surface area (Å²) in [5, 5.41) is 3.46. The lowest BCUT2D eigenvalue weighted by atomic mass is 9.97. The number of rotatable bonds is 5. The van der Waals surface area contributed by atoms with Crippen molar-refractivity contribution in [2.45, 2.75) is 31.2 Å². The Bertz CT molecular complexity index is 888. The normalized spacial score (nSPS) is 16.2. The molecule has 1 aliphatic rings.